The number of methoxy groups -OCH3 is 1. The molecule has 6 heteroatoms. The molecule has 0 saturated carbocycles. The Morgan fingerprint density at radius 1 is 1.22 bits per heavy atom. The van der Waals surface area contributed by atoms with Crippen LogP contribution in [0.4, 0.5) is 0 Å². The molecule has 2 N–H and O–H groups in total. The summed E-state index contributed by atoms with van der Waals surface area (Å²) >= 11 is 3.31. The summed E-state index contributed by atoms with van der Waals surface area (Å²) in [6, 6.07) is 0. The van der Waals surface area contributed by atoms with Crippen LogP contribution in [0.15, 0.2) is 28.0 Å². The minimum absolute atomic E-state index is 0.130. The number of carboxylic acids is 1. The number of hydrogen-bond acceptors (Lipinski definition) is 4. The van der Waals surface area contributed by atoms with Crippen molar-refractivity contribution < 1.29 is 24.5 Å². The molecule has 0 aliphatic heterocycles. The monoisotopic (exact) mass is 380 g/mol. The molecule has 0 spiro atoms. The van der Waals surface area contributed by atoms with Crippen LogP contribution in [0.2, 0.25) is 0 Å². The van der Waals surface area contributed by atoms with Gasteiger partial charge in [0.2, 0.25) is 0 Å². The van der Waals surface area contributed by atoms with Crippen LogP contribution in [0.25, 0.3) is 0 Å². The Balaban J connectivity index is 2.79. The zero-order valence-electron chi connectivity index (χ0n) is 13.2. The molecular weight excluding hydrogens is 364 g/mol. The van der Waals surface area contributed by atoms with Gasteiger partial charge in [-0.05, 0) is 59.5 Å². The maximum absolute atomic E-state index is 11.7. The molecule has 1 atom stereocenters. The van der Waals surface area contributed by atoms with Gasteiger partial charge in [-0.3, -0.25) is 4.79 Å². The predicted molar refractivity (Wildman–Crippen MR) is 88.8 cm³/mol. The Labute approximate surface area is 142 Å². The first-order valence-electron chi connectivity index (χ1n) is 6.93. The van der Waals surface area contributed by atoms with Crippen molar-refractivity contribution in [2.24, 2.45) is 0 Å². The fraction of sp³-hybridized carbons (Fsp3) is 0.294. The minimum atomic E-state index is -1.19. The van der Waals surface area contributed by atoms with Gasteiger partial charge in [0.25, 0.3) is 0 Å². The van der Waals surface area contributed by atoms with Crippen molar-refractivity contribution in [1.82, 2.24) is 0 Å². The van der Waals surface area contributed by atoms with Crippen LogP contribution in [0.5, 0.6) is 5.75 Å². The lowest BCUT2D eigenvalue weighted by Crippen LogP contribution is -2.16. The number of rotatable bonds is 3. The average molecular weight is 381 g/mol. The molecule has 0 amide bonds. The Bertz CT molecular complexity index is 745. The van der Waals surface area contributed by atoms with Crippen LogP contribution >= 0.6 is 15.9 Å². The number of allylic oxidation sites excluding steroid dienone is 3. The van der Waals surface area contributed by atoms with Gasteiger partial charge in [0.05, 0.1) is 17.5 Å². The highest BCUT2D eigenvalue weighted by molar-refractivity contribution is 9.10. The summed E-state index contributed by atoms with van der Waals surface area (Å²) in [6.07, 6.45) is 2.91. The van der Waals surface area contributed by atoms with Gasteiger partial charge in [-0.15, -0.1) is 0 Å². The van der Waals surface area contributed by atoms with E-state index < -0.39 is 5.97 Å². The zero-order chi connectivity index (χ0) is 17.5. The molecule has 0 saturated heterocycles. The molecule has 122 valence electrons. The van der Waals surface area contributed by atoms with E-state index in [0.717, 1.165) is 11.1 Å². The topological polar surface area (TPSA) is 83.8 Å². The summed E-state index contributed by atoms with van der Waals surface area (Å²) in [5, 5.41) is 19.6. The van der Waals surface area contributed by atoms with Gasteiger partial charge in [0, 0.05) is 6.08 Å². The highest BCUT2D eigenvalue weighted by Crippen LogP contribution is 2.46. The molecule has 23 heavy (non-hydrogen) atoms. The van der Waals surface area contributed by atoms with Gasteiger partial charge >= 0.3 is 5.97 Å². The van der Waals surface area contributed by atoms with E-state index in [9.17, 15) is 19.8 Å². The number of phenols is 1. The van der Waals surface area contributed by atoms with Crippen molar-refractivity contribution in [1.29, 1.82) is 0 Å². The lowest BCUT2D eigenvalue weighted by atomic mass is 9.81. The second kappa shape index (κ2) is 6.20. The number of benzene rings is 1. The SMILES string of the molecule is COC1=CC(=O)C=C(C)C1c1c(C)c(C)c(C(=O)O)c(O)c1Br. The summed E-state index contributed by atoms with van der Waals surface area (Å²) in [6.45, 7) is 5.24. The first kappa shape index (κ1) is 17.3. The second-order valence-corrected chi connectivity index (χ2v) is 6.27. The number of carboxylic acid groups (broad SMARTS) is 1. The van der Waals surface area contributed by atoms with Crippen LogP contribution in [-0.4, -0.2) is 29.1 Å². The molecule has 0 heterocycles. The van der Waals surface area contributed by atoms with Gasteiger partial charge in [-0.1, -0.05) is 5.57 Å². The minimum Gasteiger partial charge on any atom is -0.506 e. The average Bonchev–Trinajstić information content (AvgIpc) is 2.46. The van der Waals surface area contributed by atoms with Crippen molar-refractivity contribution in [2.75, 3.05) is 7.11 Å². The van der Waals surface area contributed by atoms with E-state index in [4.69, 9.17) is 4.74 Å². The Morgan fingerprint density at radius 2 is 1.83 bits per heavy atom. The second-order valence-electron chi connectivity index (χ2n) is 5.48. The fourth-order valence-corrected chi connectivity index (χ4v) is 3.64. The first-order chi connectivity index (χ1) is 10.7. The van der Waals surface area contributed by atoms with E-state index in [0.29, 0.717) is 21.4 Å². The Morgan fingerprint density at radius 3 is 2.35 bits per heavy atom. The zero-order valence-corrected chi connectivity index (χ0v) is 14.8. The molecule has 1 aromatic carbocycles. The number of hydrogen-bond donors (Lipinski definition) is 2. The molecule has 5 nitrogen and oxygen atoms in total. The van der Waals surface area contributed by atoms with Gasteiger partial charge in [0.1, 0.15) is 17.1 Å². The molecular formula is C17H17BrO5. The van der Waals surface area contributed by atoms with Crippen molar-refractivity contribution >= 4 is 27.7 Å². The van der Waals surface area contributed by atoms with E-state index in [1.54, 1.807) is 20.8 Å². The number of ether oxygens (including phenoxy) is 1. The van der Waals surface area contributed by atoms with Crippen molar-refractivity contribution in [3.63, 3.8) is 0 Å². The molecule has 1 aromatic rings. The van der Waals surface area contributed by atoms with Crippen LogP contribution in [-0.2, 0) is 9.53 Å². The molecule has 2 rings (SSSR count). The van der Waals surface area contributed by atoms with Crippen LogP contribution in [0.3, 0.4) is 0 Å². The molecule has 1 unspecified atom stereocenters. The van der Waals surface area contributed by atoms with Crippen LogP contribution in [0, 0.1) is 13.8 Å². The number of carbonyl (C=O) groups excluding carboxylic acids is 1. The van der Waals surface area contributed by atoms with Gasteiger partial charge in [-0.2, -0.15) is 0 Å². The highest BCUT2D eigenvalue weighted by atomic mass is 79.9. The third-order valence-corrected chi connectivity index (χ3v) is 4.96. The predicted octanol–water partition coefficient (Wildman–Crippen LogP) is 3.61. The lowest BCUT2D eigenvalue weighted by molar-refractivity contribution is -0.110. The summed E-state index contributed by atoms with van der Waals surface area (Å²) in [7, 11) is 1.48. The normalized spacial score (nSPS) is 17.6. The molecule has 1 aliphatic carbocycles. The van der Waals surface area contributed by atoms with Crippen molar-refractivity contribution in [3.8, 4) is 5.75 Å². The number of halogens is 1. The maximum Gasteiger partial charge on any atom is 0.339 e. The Hall–Kier alpha value is -2.08. The van der Waals surface area contributed by atoms with E-state index in [-0.39, 0.29) is 23.0 Å². The Kier molecular flexibility index (Phi) is 4.66. The summed E-state index contributed by atoms with van der Waals surface area (Å²) in [5.74, 6) is -1.58. The van der Waals surface area contributed by atoms with Crippen LogP contribution < -0.4 is 0 Å². The molecule has 0 bridgehead atoms. The summed E-state index contributed by atoms with van der Waals surface area (Å²) < 4.78 is 5.65. The summed E-state index contributed by atoms with van der Waals surface area (Å²) in [5.41, 5.74) is 2.53. The van der Waals surface area contributed by atoms with Gasteiger partial charge in [-0.25, -0.2) is 4.79 Å². The molecule has 0 fully saturated rings. The largest absolute Gasteiger partial charge is 0.506 e. The van der Waals surface area contributed by atoms with Gasteiger partial charge < -0.3 is 14.9 Å². The quantitative estimate of drug-likeness (QED) is 0.836. The van der Waals surface area contributed by atoms with Gasteiger partial charge in [0.15, 0.2) is 5.78 Å². The standard InChI is InChI=1S/C17H17BrO5/c1-7-5-10(19)6-11(23-4)12(7)13-8(2)9(3)14(17(21)22)16(20)15(13)18/h5-6,12,20H,1-4H3,(H,21,22). The number of aromatic carboxylic acids is 1. The van der Waals surface area contributed by atoms with Crippen LogP contribution in [0.1, 0.15) is 39.9 Å². The number of ketones is 1. The van der Waals surface area contributed by atoms with E-state index in [2.05, 4.69) is 15.9 Å². The molecule has 0 radical (unpaired) electrons. The van der Waals surface area contributed by atoms with Crippen molar-refractivity contribution in [2.45, 2.75) is 26.7 Å². The molecule has 1 aliphatic rings. The maximum atomic E-state index is 11.7. The third-order valence-electron chi connectivity index (χ3n) is 4.16. The lowest BCUT2D eigenvalue weighted by Gasteiger charge is -2.27. The number of aromatic hydroxyl groups is 1. The first-order valence-corrected chi connectivity index (χ1v) is 7.72. The smallest absolute Gasteiger partial charge is 0.339 e. The summed E-state index contributed by atoms with van der Waals surface area (Å²) in [4.78, 5) is 23.1. The fourth-order valence-electron chi connectivity index (χ4n) is 2.92. The highest BCUT2D eigenvalue weighted by Gasteiger charge is 2.32. The third kappa shape index (κ3) is 2.79. The van der Waals surface area contributed by atoms with Crippen molar-refractivity contribution in [3.05, 3.63) is 50.2 Å². The number of carbonyl (C=O) groups is 2. The van der Waals surface area contributed by atoms with E-state index in [1.165, 1.54) is 19.3 Å². The van der Waals surface area contributed by atoms with E-state index >= 15 is 0 Å². The van der Waals surface area contributed by atoms with E-state index in [1.807, 2.05) is 0 Å². The molecule has 0 aromatic heterocycles.